The van der Waals surface area contributed by atoms with Gasteiger partial charge in [-0.2, -0.15) is 0 Å². The van der Waals surface area contributed by atoms with Crippen LogP contribution in [0.4, 0.5) is 17.2 Å². The van der Waals surface area contributed by atoms with Crippen molar-refractivity contribution < 1.29 is 10.2 Å². The fourth-order valence-electron chi connectivity index (χ4n) is 2.49. The lowest BCUT2D eigenvalue weighted by molar-refractivity contribution is 0.105. The maximum atomic E-state index is 9.46. The number of aromatic nitrogens is 2. The smallest absolute Gasteiger partial charge is 0.161 e. The number of aliphatic hydroxyl groups is 2. The predicted octanol–water partition coefficient (Wildman–Crippen LogP) is 2.96. The summed E-state index contributed by atoms with van der Waals surface area (Å²) in [6.07, 6.45) is 0.926. The highest BCUT2D eigenvalue weighted by Crippen LogP contribution is 2.23. The Morgan fingerprint density at radius 2 is 1.92 bits per heavy atom. The van der Waals surface area contributed by atoms with Crippen LogP contribution >= 0.6 is 0 Å². The molecule has 0 amide bonds. The highest BCUT2D eigenvalue weighted by molar-refractivity contribution is 5.65. The van der Waals surface area contributed by atoms with E-state index in [-0.39, 0.29) is 13.2 Å². The van der Waals surface area contributed by atoms with Crippen molar-refractivity contribution in [1.82, 2.24) is 9.97 Å². The second-order valence-electron chi connectivity index (χ2n) is 6.00. The van der Waals surface area contributed by atoms with Gasteiger partial charge in [-0.3, -0.25) is 0 Å². The quantitative estimate of drug-likeness (QED) is 0.524. The van der Waals surface area contributed by atoms with Crippen LogP contribution in [-0.4, -0.2) is 39.4 Å². The van der Waals surface area contributed by atoms with E-state index in [1.807, 2.05) is 61.5 Å². The summed E-state index contributed by atoms with van der Waals surface area (Å²) in [5.41, 5.74) is 3.84. The maximum Gasteiger partial charge on any atom is 0.161 e. The molecule has 2 aromatic carbocycles. The first kappa shape index (κ1) is 17.8. The minimum Gasteiger partial charge on any atom is -0.394 e. The van der Waals surface area contributed by atoms with Gasteiger partial charge in [0.2, 0.25) is 0 Å². The highest BCUT2D eigenvalue weighted by Gasteiger charge is 2.06. The normalized spacial score (nSPS) is 11.8. The van der Waals surface area contributed by atoms with Gasteiger partial charge in [-0.1, -0.05) is 30.3 Å². The topological polar surface area (TPSA) is 90.3 Å². The maximum absolute atomic E-state index is 9.46. The number of nitrogens with one attached hydrogen (secondary N) is 2. The molecule has 0 fully saturated rings. The summed E-state index contributed by atoms with van der Waals surface area (Å²) >= 11 is 0. The van der Waals surface area contributed by atoms with Crippen LogP contribution in [0.3, 0.4) is 0 Å². The Morgan fingerprint density at radius 3 is 2.73 bits per heavy atom. The van der Waals surface area contributed by atoms with E-state index in [0.29, 0.717) is 5.82 Å². The number of hydrogen-bond donors (Lipinski definition) is 4. The number of aryl methyl sites for hydroxylation is 1. The molecule has 0 saturated carbocycles. The van der Waals surface area contributed by atoms with Gasteiger partial charge in [0.15, 0.2) is 5.82 Å². The van der Waals surface area contributed by atoms with Crippen LogP contribution in [0.1, 0.15) is 5.56 Å². The van der Waals surface area contributed by atoms with Crippen molar-refractivity contribution in [3.8, 4) is 11.4 Å². The highest BCUT2D eigenvalue weighted by atomic mass is 16.3. The molecule has 1 aromatic heterocycles. The molecule has 0 spiro atoms. The van der Waals surface area contributed by atoms with Gasteiger partial charge in [-0.25, -0.2) is 9.97 Å². The number of hydrogen-bond acceptors (Lipinski definition) is 6. The van der Waals surface area contributed by atoms with Crippen molar-refractivity contribution in [2.24, 2.45) is 0 Å². The summed E-state index contributed by atoms with van der Waals surface area (Å²) in [5, 5.41) is 24.8. The largest absolute Gasteiger partial charge is 0.394 e. The number of aliphatic hydroxyl groups excluding tert-OH is 2. The SMILES string of the molecule is Cc1ccccc1Nc1ccnc(-c2cccc(NCC(O)CO)c2)n1. The Balaban J connectivity index is 1.78. The predicted molar refractivity (Wildman–Crippen MR) is 104 cm³/mol. The number of para-hydroxylation sites is 1. The molecule has 0 aliphatic rings. The minimum absolute atomic E-state index is 0.274. The molecular formula is C20H22N4O2. The lowest BCUT2D eigenvalue weighted by Gasteiger charge is -2.12. The van der Waals surface area contributed by atoms with Crippen LogP contribution in [0.25, 0.3) is 11.4 Å². The summed E-state index contributed by atoms with van der Waals surface area (Å²) < 4.78 is 0. The molecule has 6 nitrogen and oxygen atoms in total. The molecular weight excluding hydrogens is 328 g/mol. The van der Waals surface area contributed by atoms with Gasteiger partial charge in [-0.05, 0) is 36.8 Å². The van der Waals surface area contributed by atoms with Crippen LogP contribution < -0.4 is 10.6 Å². The van der Waals surface area contributed by atoms with E-state index >= 15 is 0 Å². The third-order valence-corrected chi connectivity index (χ3v) is 3.94. The van der Waals surface area contributed by atoms with Gasteiger partial charge < -0.3 is 20.8 Å². The van der Waals surface area contributed by atoms with Crippen molar-refractivity contribution >= 4 is 17.2 Å². The lowest BCUT2D eigenvalue weighted by Crippen LogP contribution is -2.22. The van der Waals surface area contributed by atoms with E-state index in [4.69, 9.17) is 5.11 Å². The van der Waals surface area contributed by atoms with Crippen LogP contribution in [0.15, 0.2) is 60.8 Å². The molecule has 0 aliphatic carbocycles. The van der Waals surface area contributed by atoms with Crippen molar-refractivity contribution in [1.29, 1.82) is 0 Å². The van der Waals surface area contributed by atoms with Gasteiger partial charge in [0.25, 0.3) is 0 Å². The molecule has 4 N–H and O–H groups in total. The zero-order valence-electron chi connectivity index (χ0n) is 14.6. The Hall–Kier alpha value is -2.96. The van der Waals surface area contributed by atoms with E-state index in [1.54, 1.807) is 6.20 Å². The van der Waals surface area contributed by atoms with Crippen LogP contribution in [-0.2, 0) is 0 Å². The van der Waals surface area contributed by atoms with E-state index in [9.17, 15) is 5.11 Å². The lowest BCUT2D eigenvalue weighted by atomic mass is 10.2. The second kappa shape index (κ2) is 8.42. The molecule has 1 atom stereocenters. The van der Waals surface area contributed by atoms with Crippen LogP contribution in [0, 0.1) is 6.92 Å². The van der Waals surface area contributed by atoms with Crippen molar-refractivity contribution in [2.45, 2.75) is 13.0 Å². The second-order valence-corrected chi connectivity index (χ2v) is 6.00. The Bertz CT molecular complexity index is 870. The molecule has 0 aliphatic heterocycles. The van der Waals surface area contributed by atoms with E-state index in [2.05, 4.69) is 20.6 Å². The Labute approximate surface area is 152 Å². The average Bonchev–Trinajstić information content (AvgIpc) is 2.68. The van der Waals surface area contributed by atoms with Gasteiger partial charge in [0, 0.05) is 29.7 Å². The first-order chi connectivity index (χ1) is 12.7. The minimum atomic E-state index is -0.795. The summed E-state index contributed by atoms with van der Waals surface area (Å²) in [6.45, 7) is 2.04. The van der Waals surface area contributed by atoms with Crippen molar-refractivity contribution in [2.75, 3.05) is 23.8 Å². The molecule has 0 radical (unpaired) electrons. The van der Waals surface area contributed by atoms with Crippen molar-refractivity contribution in [3.63, 3.8) is 0 Å². The van der Waals surface area contributed by atoms with Gasteiger partial charge in [0.05, 0.1) is 12.7 Å². The number of rotatable bonds is 7. The fourth-order valence-corrected chi connectivity index (χ4v) is 2.49. The van der Waals surface area contributed by atoms with Crippen molar-refractivity contribution in [3.05, 3.63) is 66.4 Å². The van der Waals surface area contributed by atoms with E-state index < -0.39 is 6.10 Å². The number of anilines is 3. The summed E-state index contributed by atoms with van der Waals surface area (Å²) in [4.78, 5) is 8.95. The molecule has 3 rings (SSSR count). The molecule has 0 bridgehead atoms. The molecule has 134 valence electrons. The molecule has 0 saturated heterocycles. The third-order valence-electron chi connectivity index (χ3n) is 3.94. The van der Waals surface area contributed by atoms with E-state index in [0.717, 1.165) is 28.3 Å². The van der Waals surface area contributed by atoms with Gasteiger partial charge in [-0.15, -0.1) is 0 Å². The number of benzene rings is 2. The molecule has 1 heterocycles. The fraction of sp³-hybridized carbons (Fsp3) is 0.200. The van der Waals surface area contributed by atoms with Crippen LogP contribution in [0.5, 0.6) is 0 Å². The van der Waals surface area contributed by atoms with Crippen LogP contribution in [0.2, 0.25) is 0 Å². The zero-order chi connectivity index (χ0) is 18.4. The monoisotopic (exact) mass is 350 g/mol. The molecule has 1 unspecified atom stereocenters. The first-order valence-corrected chi connectivity index (χ1v) is 8.44. The van der Waals surface area contributed by atoms with Gasteiger partial charge in [0.1, 0.15) is 5.82 Å². The molecule has 26 heavy (non-hydrogen) atoms. The molecule has 3 aromatic rings. The Morgan fingerprint density at radius 1 is 1.08 bits per heavy atom. The zero-order valence-corrected chi connectivity index (χ0v) is 14.6. The van der Waals surface area contributed by atoms with Gasteiger partial charge >= 0.3 is 0 Å². The summed E-state index contributed by atoms with van der Waals surface area (Å²) in [6, 6.07) is 17.5. The summed E-state index contributed by atoms with van der Waals surface area (Å²) in [7, 11) is 0. The summed E-state index contributed by atoms with van der Waals surface area (Å²) in [5.74, 6) is 1.33. The average molecular weight is 350 g/mol. The third kappa shape index (κ3) is 4.56. The Kier molecular flexibility index (Phi) is 5.78. The molecule has 6 heteroatoms. The standard InChI is InChI=1S/C20H22N4O2/c1-14-5-2-3-8-18(14)23-19-9-10-21-20(24-19)15-6-4-7-16(11-15)22-12-17(26)13-25/h2-11,17,22,25-26H,12-13H2,1H3,(H,21,23,24). The van der Waals surface area contributed by atoms with E-state index in [1.165, 1.54) is 0 Å². The number of nitrogens with zero attached hydrogens (tertiary/aromatic N) is 2. The first-order valence-electron chi connectivity index (χ1n) is 8.44.